The Morgan fingerprint density at radius 3 is 2.50 bits per heavy atom. The molecule has 5 nitrogen and oxygen atoms in total. The fraction of sp³-hybridized carbons (Fsp3) is 0.474. The fourth-order valence-electron chi connectivity index (χ4n) is 4.48. The van der Waals surface area contributed by atoms with Gasteiger partial charge in [0.15, 0.2) is 0 Å². The summed E-state index contributed by atoms with van der Waals surface area (Å²) < 4.78 is 0. The molecule has 2 aliphatic carbocycles. The van der Waals surface area contributed by atoms with Gasteiger partial charge in [0, 0.05) is 25.3 Å². The van der Waals surface area contributed by atoms with Gasteiger partial charge in [-0.1, -0.05) is 24.6 Å². The van der Waals surface area contributed by atoms with Gasteiger partial charge in [0.2, 0.25) is 5.95 Å². The standard InChI is InChI=1S/C19H25N5/c1-24(2)18-16(15-11-12-8-9-13(15)10-12)17(20)22-19(23-18)21-14-6-4-3-5-7-14/h3-7,12-13,15H,8-11H2,1-2H3,(H3,20,21,22,23). The van der Waals surface area contributed by atoms with Gasteiger partial charge in [-0.25, -0.2) is 0 Å². The van der Waals surface area contributed by atoms with Crippen molar-refractivity contribution < 1.29 is 0 Å². The third-order valence-corrected chi connectivity index (χ3v) is 5.52. The van der Waals surface area contributed by atoms with Gasteiger partial charge >= 0.3 is 0 Å². The zero-order chi connectivity index (χ0) is 16.7. The van der Waals surface area contributed by atoms with Crippen molar-refractivity contribution in [1.29, 1.82) is 0 Å². The molecule has 3 atom stereocenters. The van der Waals surface area contributed by atoms with Crippen LogP contribution in [0.2, 0.25) is 0 Å². The molecule has 4 rings (SSSR count). The van der Waals surface area contributed by atoms with Crippen molar-refractivity contribution in [1.82, 2.24) is 9.97 Å². The monoisotopic (exact) mass is 323 g/mol. The first-order valence-corrected chi connectivity index (χ1v) is 8.78. The molecule has 2 bridgehead atoms. The Balaban J connectivity index is 1.70. The second kappa shape index (κ2) is 5.96. The lowest BCUT2D eigenvalue weighted by Crippen LogP contribution is -2.21. The zero-order valence-electron chi connectivity index (χ0n) is 14.4. The minimum atomic E-state index is 0.520. The Kier molecular flexibility index (Phi) is 3.79. The van der Waals surface area contributed by atoms with E-state index >= 15 is 0 Å². The first-order valence-electron chi connectivity index (χ1n) is 8.78. The summed E-state index contributed by atoms with van der Waals surface area (Å²) in [4.78, 5) is 11.4. The first kappa shape index (κ1) is 15.2. The number of aromatic nitrogens is 2. The van der Waals surface area contributed by atoms with E-state index in [1.165, 1.54) is 25.7 Å². The maximum Gasteiger partial charge on any atom is 0.231 e. The molecule has 0 saturated heterocycles. The Labute approximate surface area is 143 Å². The number of nitrogens with one attached hydrogen (secondary N) is 1. The Bertz CT molecular complexity index is 728. The smallest absolute Gasteiger partial charge is 0.231 e. The topological polar surface area (TPSA) is 67.1 Å². The van der Waals surface area contributed by atoms with Crippen molar-refractivity contribution in [2.24, 2.45) is 11.8 Å². The maximum absolute atomic E-state index is 6.41. The molecule has 126 valence electrons. The highest BCUT2D eigenvalue weighted by molar-refractivity contribution is 5.64. The lowest BCUT2D eigenvalue weighted by Gasteiger charge is -2.27. The summed E-state index contributed by atoms with van der Waals surface area (Å²) in [7, 11) is 4.07. The van der Waals surface area contributed by atoms with E-state index in [0.29, 0.717) is 17.7 Å². The van der Waals surface area contributed by atoms with Crippen LogP contribution < -0.4 is 16.0 Å². The van der Waals surface area contributed by atoms with Gasteiger partial charge in [-0.2, -0.15) is 9.97 Å². The normalized spacial score (nSPS) is 25.0. The quantitative estimate of drug-likeness (QED) is 0.896. The summed E-state index contributed by atoms with van der Waals surface area (Å²) in [6.45, 7) is 0. The van der Waals surface area contributed by atoms with Crippen molar-refractivity contribution >= 4 is 23.3 Å². The van der Waals surface area contributed by atoms with Crippen molar-refractivity contribution in [2.75, 3.05) is 30.0 Å². The number of benzene rings is 1. The molecule has 0 aliphatic heterocycles. The van der Waals surface area contributed by atoms with E-state index in [2.05, 4.69) is 15.2 Å². The number of hydrogen-bond donors (Lipinski definition) is 2. The lowest BCUT2D eigenvalue weighted by molar-refractivity contribution is 0.420. The maximum atomic E-state index is 6.41. The van der Waals surface area contributed by atoms with E-state index in [1.54, 1.807) is 0 Å². The molecule has 3 N–H and O–H groups in total. The van der Waals surface area contributed by atoms with E-state index in [9.17, 15) is 0 Å². The fourth-order valence-corrected chi connectivity index (χ4v) is 4.48. The molecule has 2 aliphatic rings. The Hall–Kier alpha value is -2.30. The summed E-state index contributed by atoms with van der Waals surface area (Å²) >= 11 is 0. The average molecular weight is 323 g/mol. The molecular formula is C19H25N5. The minimum absolute atomic E-state index is 0.520. The third kappa shape index (κ3) is 2.68. The third-order valence-electron chi connectivity index (χ3n) is 5.52. The van der Waals surface area contributed by atoms with Crippen LogP contribution in [-0.4, -0.2) is 24.1 Å². The number of nitrogen functional groups attached to an aromatic ring is 1. The molecule has 1 aromatic carbocycles. The minimum Gasteiger partial charge on any atom is -0.383 e. The predicted octanol–water partition coefficient (Wildman–Crippen LogP) is 3.77. The van der Waals surface area contributed by atoms with Crippen LogP contribution >= 0.6 is 0 Å². The molecule has 0 amide bonds. The van der Waals surface area contributed by atoms with Gasteiger partial charge in [-0.3, -0.25) is 0 Å². The predicted molar refractivity (Wildman–Crippen MR) is 98.7 cm³/mol. The van der Waals surface area contributed by atoms with E-state index in [-0.39, 0.29) is 0 Å². The molecule has 1 heterocycles. The highest BCUT2D eigenvalue weighted by Crippen LogP contribution is 2.55. The van der Waals surface area contributed by atoms with Crippen LogP contribution in [-0.2, 0) is 0 Å². The van der Waals surface area contributed by atoms with Crippen LogP contribution in [0.15, 0.2) is 30.3 Å². The molecule has 2 saturated carbocycles. The van der Waals surface area contributed by atoms with Gasteiger partial charge in [-0.05, 0) is 49.1 Å². The van der Waals surface area contributed by atoms with Crippen molar-refractivity contribution in [3.63, 3.8) is 0 Å². The summed E-state index contributed by atoms with van der Waals surface area (Å²) in [5.41, 5.74) is 8.53. The number of hydrogen-bond acceptors (Lipinski definition) is 5. The first-order chi connectivity index (χ1) is 11.6. The Morgan fingerprint density at radius 2 is 1.88 bits per heavy atom. The van der Waals surface area contributed by atoms with Crippen LogP contribution in [0.25, 0.3) is 0 Å². The van der Waals surface area contributed by atoms with Gasteiger partial charge in [-0.15, -0.1) is 0 Å². The van der Waals surface area contributed by atoms with Crippen LogP contribution in [0.3, 0.4) is 0 Å². The largest absolute Gasteiger partial charge is 0.383 e. The number of nitrogens with zero attached hydrogens (tertiary/aromatic N) is 3. The highest BCUT2D eigenvalue weighted by atomic mass is 15.2. The number of nitrogens with two attached hydrogens (primary N) is 1. The SMILES string of the molecule is CN(C)c1nc(Nc2ccccc2)nc(N)c1C1CC2CCC1C2. The van der Waals surface area contributed by atoms with Crippen molar-refractivity contribution in [2.45, 2.75) is 31.6 Å². The second-order valence-electron chi connectivity index (χ2n) is 7.34. The summed E-state index contributed by atoms with van der Waals surface area (Å²) in [5.74, 6) is 4.30. The van der Waals surface area contributed by atoms with Crippen LogP contribution in [0, 0.1) is 11.8 Å². The van der Waals surface area contributed by atoms with Gasteiger partial charge < -0.3 is 16.0 Å². The summed E-state index contributed by atoms with van der Waals surface area (Å²) in [6.07, 6.45) is 5.30. The van der Waals surface area contributed by atoms with E-state index < -0.39 is 0 Å². The van der Waals surface area contributed by atoms with E-state index in [1.807, 2.05) is 44.4 Å². The van der Waals surface area contributed by atoms with Gasteiger partial charge in [0.05, 0.1) is 0 Å². The van der Waals surface area contributed by atoms with E-state index in [4.69, 9.17) is 10.7 Å². The molecule has 0 radical (unpaired) electrons. The molecule has 24 heavy (non-hydrogen) atoms. The van der Waals surface area contributed by atoms with Crippen LogP contribution in [0.5, 0.6) is 0 Å². The molecule has 2 fully saturated rings. The van der Waals surface area contributed by atoms with Crippen LogP contribution in [0.1, 0.15) is 37.2 Å². The van der Waals surface area contributed by atoms with Crippen molar-refractivity contribution in [3.8, 4) is 0 Å². The number of rotatable bonds is 4. The lowest BCUT2D eigenvalue weighted by atomic mass is 9.83. The van der Waals surface area contributed by atoms with Gasteiger partial charge in [0.25, 0.3) is 0 Å². The second-order valence-corrected chi connectivity index (χ2v) is 7.34. The summed E-state index contributed by atoms with van der Waals surface area (Å²) in [6, 6.07) is 9.96. The number of anilines is 4. The molecule has 0 spiro atoms. The number of para-hydroxylation sites is 1. The van der Waals surface area contributed by atoms with Crippen molar-refractivity contribution in [3.05, 3.63) is 35.9 Å². The molecule has 3 unspecified atom stereocenters. The highest BCUT2D eigenvalue weighted by Gasteiger charge is 2.42. The molecule has 2 aromatic rings. The van der Waals surface area contributed by atoms with E-state index in [0.717, 1.165) is 28.9 Å². The van der Waals surface area contributed by atoms with Gasteiger partial charge in [0.1, 0.15) is 11.6 Å². The molecule has 1 aromatic heterocycles. The Morgan fingerprint density at radius 1 is 1.08 bits per heavy atom. The zero-order valence-corrected chi connectivity index (χ0v) is 14.4. The molecular weight excluding hydrogens is 298 g/mol. The average Bonchev–Trinajstić information content (AvgIpc) is 3.18. The summed E-state index contributed by atoms with van der Waals surface area (Å²) in [5, 5.41) is 3.26. The number of fused-ring (bicyclic) bond motifs is 2. The van der Waals surface area contributed by atoms with Crippen LogP contribution in [0.4, 0.5) is 23.3 Å². The molecule has 5 heteroatoms.